The lowest BCUT2D eigenvalue weighted by atomic mass is 10.0. The van der Waals surface area contributed by atoms with Crippen LogP contribution < -0.4 is 0 Å². The molecule has 1 aliphatic heterocycles. The summed E-state index contributed by atoms with van der Waals surface area (Å²) in [6, 6.07) is 10.7. The fourth-order valence-electron chi connectivity index (χ4n) is 3.59. The van der Waals surface area contributed by atoms with E-state index in [4.69, 9.17) is 15.4 Å². The molecular formula is C21H34NO4P. The second kappa shape index (κ2) is 10.5. The number of esters is 1. The average Bonchev–Trinajstić information content (AvgIpc) is 2.88. The predicted octanol–water partition coefficient (Wildman–Crippen LogP) is 4.40. The van der Waals surface area contributed by atoms with Gasteiger partial charge < -0.3 is 14.0 Å². The van der Waals surface area contributed by atoms with Gasteiger partial charge in [0, 0.05) is 33.2 Å². The van der Waals surface area contributed by atoms with E-state index >= 15 is 0 Å². The zero-order valence-corrected chi connectivity index (χ0v) is 18.2. The molecule has 1 saturated heterocycles. The lowest BCUT2D eigenvalue weighted by Gasteiger charge is -2.35. The van der Waals surface area contributed by atoms with E-state index < -0.39 is 26.9 Å². The van der Waals surface area contributed by atoms with Crippen LogP contribution in [0, 0.1) is 0 Å². The van der Waals surface area contributed by atoms with E-state index in [0.29, 0.717) is 25.1 Å². The maximum atomic E-state index is 11.6. The molecule has 152 valence electrons. The Hall–Kier alpha value is -1.00. The van der Waals surface area contributed by atoms with E-state index in [1.54, 1.807) is 0 Å². The molecule has 2 unspecified atom stereocenters. The zero-order chi connectivity index (χ0) is 20.8. The van der Waals surface area contributed by atoms with Crippen molar-refractivity contribution in [2.24, 2.45) is 0 Å². The molecule has 27 heavy (non-hydrogen) atoms. The minimum atomic E-state index is -0.789. The fraction of sp³-hybridized carbons (Fsp3) is 0.667. The lowest BCUT2D eigenvalue weighted by Crippen LogP contribution is -2.33. The summed E-state index contributed by atoms with van der Waals surface area (Å²) in [6.07, 6.45) is -1.38. The number of carbonyl (C=O) groups is 1. The highest BCUT2D eigenvalue weighted by molar-refractivity contribution is 7.49. The maximum absolute atomic E-state index is 11.6. The summed E-state index contributed by atoms with van der Waals surface area (Å²) in [6.45, 7) is 12.4. The van der Waals surface area contributed by atoms with Gasteiger partial charge in [-0.15, -0.1) is 0 Å². The molecule has 1 heterocycles. The molecule has 5 nitrogen and oxygen atoms in total. The minimum Gasteiger partial charge on any atom is -0.460 e. The Morgan fingerprint density at radius 2 is 1.93 bits per heavy atom. The fourth-order valence-corrected chi connectivity index (χ4v) is 5.39. The Bertz CT molecular complexity index is 608. The molecule has 0 amide bonds. The molecule has 1 aliphatic rings. The van der Waals surface area contributed by atoms with Crippen molar-refractivity contribution in [3.8, 4) is 0 Å². The summed E-state index contributed by atoms with van der Waals surface area (Å²) in [4.78, 5) is 11.6. The van der Waals surface area contributed by atoms with Gasteiger partial charge in [-0.25, -0.2) is 0 Å². The Morgan fingerprint density at radius 1 is 1.30 bits per heavy atom. The molecule has 1 aromatic rings. The molecule has 0 saturated carbocycles. The Balaban J connectivity index is 2.03. The molecule has 0 aromatic heterocycles. The van der Waals surface area contributed by atoms with Crippen molar-refractivity contribution in [3.05, 3.63) is 35.9 Å². The average molecular weight is 396 g/mol. The second-order valence-corrected chi connectivity index (χ2v) is 9.15. The highest BCUT2D eigenvalue weighted by Gasteiger charge is 2.38. The predicted molar refractivity (Wildman–Crippen MR) is 110 cm³/mol. The molecule has 0 aliphatic carbocycles. The van der Waals surface area contributed by atoms with Crippen LogP contribution in [0.4, 0.5) is 0 Å². The first kappa shape index (κ1) is 20.7. The number of nitrogens with zero attached hydrogens (tertiary/aromatic N) is 1. The number of benzene rings is 1. The second-order valence-electron chi connectivity index (χ2n) is 7.50. The lowest BCUT2D eigenvalue weighted by molar-refractivity contribution is -0.149. The van der Waals surface area contributed by atoms with Crippen molar-refractivity contribution < 1.29 is 20.2 Å². The summed E-state index contributed by atoms with van der Waals surface area (Å²) in [5.41, 5.74) is 1.10. The Morgan fingerprint density at radius 3 is 2.48 bits per heavy atom. The first-order chi connectivity index (χ1) is 13.2. The van der Waals surface area contributed by atoms with Gasteiger partial charge in [-0.2, -0.15) is 0 Å². The van der Waals surface area contributed by atoms with E-state index in [9.17, 15) is 4.79 Å². The van der Waals surface area contributed by atoms with Gasteiger partial charge in [-0.3, -0.25) is 9.46 Å². The van der Waals surface area contributed by atoms with Crippen LogP contribution in [0.1, 0.15) is 47.9 Å². The Kier molecular flexibility index (Phi) is 8.07. The van der Waals surface area contributed by atoms with Gasteiger partial charge in [0.2, 0.25) is 0 Å². The summed E-state index contributed by atoms with van der Waals surface area (Å²) in [7, 11) is -0.789. The third-order valence-electron chi connectivity index (χ3n) is 4.51. The summed E-state index contributed by atoms with van der Waals surface area (Å²) >= 11 is 0. The van der Waals surface area contributed by atoms with Gasteiger partial charge in [0.1, 0.15) is 14.4 Å². The first-order valence-corrected chi connectivity index (χ1v) is 11.3. The maximum Gasteiger partial charge on any atom is 0.302 e. The number of hydrogen-bond donors (Lipinski definition) is 0. The third kappa shape index (κ3) is 6.83. The van der Waals surface area contributed by atoms with Crippen molar-refractivity contribution in [2.45, 2.75) is 77.8 Å². The SMILES string of the molecule is [2H]C1[C@@H](COP(C)N(C(C)C)C(C)C)O[C@@H](Cc2ccccc2)[C@H]1OC(C)=O. The van der Waals surface area contributed by atoms with Crippen molar-refractivity contribution in [3.63, 3.8) is 0 Å². The quantitative estimate of drug-likeness (QED) is 0.457. The smallest absolute Gasteiger partial charge is 0.302 e. The molecule has 0 radical (unpaired) electrons. The van der Waals surface area contributed by atoms with Gasteiger partial charge in [-0.1, -0.05) is 30.3 Å². The molecule has 0 spiro atoms. The molecule has 1 fully saturated rings. The normalized spacial score (nSPS) is 27.2. The van der Waals surface area contributed by atoms with E-state index in [-0.39, 0.29) is 12.1 Å². The molecule has 1 aromatic carbocycles. The molecule has 5 atom stereocenters. The zero-order valence-electron chi connectivity index (χ0n) is 18.3. The largest absolute Gasteiger partial charge is 0.460 e. The topological polar surface area (TPSA) is 48.0 Å². The number of rotatable bonds is 9. The highest BCUT2D eigenvalue weighted by Crippen LogP contribution is 2.41. The van der Waals surface area contributed by atoms with Crippen LogP contribution in [0.2, 0.25) is 0 Å². The molecule has 0 N–H and O–H groups in total. The van der Waals surface area contributed by atoms with E-state index in [0.717, 1.165) is 5.56 Å². The van der Waals surface area contributed by atoms with Crippen LogP contribution in [0.5, 0.6) is 0 Å². The van der Waals surface area contributed by atoms with Crippen molar-refractivity contribution >= 4 is 14.3 Å². The van der Waals surface area contributed by atoms with Gasteiger partial charge >= 0.3 is 5.97 Å². The number of carbonyl (C=O) groups excluding carboxylic acids is 1. The molecule has 2 rings (SSSR count). The highest BCUT2D eigenvalue weighted by atomic mass is 31.2. The summed E-state index contributed by atoms with van der Waals surface area (Å²) in [5, 5.41) is 0. The number of hydrogen-bond acceptors (Lipinski definition) is 5. The van der Waals surface area contributed by atoms with Crippen LogP contribution in [0.25, 0.3) is 0 Å². The van der Waals surface area contributed by atoms with Crippen LogP contribution >= 0.6 is 8.30 Å². The van der Waals surface area contributed by atoms with Crippen molar-refractivity contribution in [1.82, 2.24) is 4.67 Å². The van der Waals surface area contributed by atoms with Crippen molar-refractivity contribution in [1.29, 1.82) is 0 Å². The summed E-state index contributed by atoms with van der Waals surface area (Å²) < 4.78 is 28.6. The van der Waals surface area contributed by atoms with Crippen LogP contribution in [0.15, 0.2) is 30.3 Å². The van der Waals surface area contributed by atoms with Gasteiger partial charge in [-0.05, 0) is 39.9 Å². The van der Waals surface area contributed by atoms with Gasteiger partial charge in [0.15, 0.2) is 0 Å². The molecule has 6 heteroatoms. The van der Waals surface area contributed by atoms with Gasteiger partial charge in [0.25, 0.3) is 0 Å². The van der Waals surface area contributed by atoms with Crippen LogP contribution in [0.3, 0.4) is 0 Å². The minimum absolute atomic E-state index is 0.329. The van der Waals surface area contributed by atoms with Crippen LogP contribution in [-0.4, -0.2) is 54.3 Å². The third-order valence-corrected chi connectivity index (χ3v) is 6.61. The van der Waals surface area contributed by atoms with E-state index in [1.807, 2.05) is 30.3 Å². The standard InChI is InChI=1S/C21H34NO4P/c1-15(2)22(16(3)4)27(6)24-14-19-13-21(25-17(5)23)20(26-19)12-18-10-8-7-9-11-18/h7-11,15-16,19-21H,12-14H2,1-6H3/t19-,20-,21-,27?/m0/s1/i13D/t13?,19-,20-,21-,27?. The number of ether oxygens (including phenoxy) is 2. The first-order valence-electron chi connectivity index (χ1n) is 10.2. The molecule has 0 bridgehead atoms. The van der Waals surface area contributed by atoms with Crippen molar-refractivity contribution in [2.75, 3.05) is 13.3 Å². The monoisotopic (exact) mass is 396 g/mol. The molecular weight excluding hydrogens is 361 g/mol. The van der Waals surface area contributed by atoms with E-state index in [1.165, 1.54) is 6.92 Å². The Labute approximate surface area is 166 Å². The van der Waals surface area contributed by atoms with Crippen LogP contribution in [-0.2, 0) is 25.2 Å². The van der Waals surface area contributed by atoms with Gasteiger partial charge in [0.05, 0.1) is 18.8 Å². The summed E-state index contributed by atoms with van der Waals surface area (Å²) in [5.74, 6) is -0.381. The van der Waals surface area contributed by atoms with E-state index in [2.05, 4.69) is 39.0 Å².